The molecule has 0 fully saturated rings. The Morgan fingerprint density at radius 1 is 0.392 bits per heavy atom. The number of benzene rings is 4. The lowest BCUT2D eigenvalue weighted by molar-refractivity contribution is 0.881. The van der Waals surface area contributed by atoms with Gasteiger partial charge in [-0.3, -0.25) is 0 Å². The number of rotatable bonds is 1. The molecule has 5 aromatic rings. The van der Waals surface area contributed by atoms with Gasteiger partial charge in [0.15, 0.2) is 0 Å². The zero-order valence-electron chi connectivity index (χ0n) is 40.7. The van der Waals surface area contributed by atoms with Crippen molar-refractivity contribution in [3.63, 3.8) is 0 Å². The first-order chi connectivity index (χ1) is 29.2. The van der Waals surface area contributed by atoms with Crippen LogP contribution < -0.4 is 0 Å². The molecule has 1 heterocycles. The molecule has 0 bridgehead atoms. The van der Waals surface area contributed by atoms with Gasteiger partial charge in [0.2, 0.25) is 5.82 Å². The zero-order valence-corrected chi connectivity index (χ0v) is 40.7. The smallest absolute Gasteiger partial charge is 0.192 e. The largest absolute Gasteiger partial charge is 0.204 e. The van der Waals surface area contributed by atoms with E-state index in [0.717, 1.165) is 5.56 Å². The van der Waals surface area contributed by atoms with E-state index in [-0.39, 0.29) is 104 Å². The Kier molecular flexibility index (Phi) is 308. The topological polar surface area (TPSA) is 126 Å². The Bertz CT molecular complexity index is 1370. The summed E-state index contributed by atoms with van der Waals surface area (Å²) >= 11 is 0. The van der Waals surface area contributed by atoms with Crippen LogP contribution in [0.1, 0.15) is 263 Å². The molecule has 444 valence electrons. The third-order valence-corrected chi connectivity index (χ3v) is 4.09. The van der Waals surface area contributed by atoms with Gasteiger partial charge in [0.05, 0.1) is 34.9 Å². The minimum Gasteiger partial charge on any atom is -0.192 e. The summed E-state index contributed by atoms with van der Waals surface area (Å²) in [6.07, 6.45) is 9.25. The summed E-state index contributed by atoms with van der Waals surface area (Å²) in [5.74, 6) is 0.630. The molecule has 0 aliphatic heterocycles. The highest BCUT2D eigenvalue weighted by atomic mass is 15.5. The van der Waals surface area contributed by atoms with Gasteiger partial charge < -0.3 is 0 Å². The van der Waals surface area contributed by atoms with Crippen molar-refractivity contribution in [3.8, 4) is 29.6 Å². The highest BCUT2D eigenvalue weighted by molar-refractivity contribution is 5.52. The van der Waals surface area contributed by atoms with E-state index < -0.39 is 0 Å². The molecular weight excluding hydrogens is 903 g/mol. The number of hydrogen-bond donors (Lipinski definition) is 1. The van der Waals surface area contributed by atoms with E-state index in [2.05, 4.69) is 123 Å². The van der Waals surface area contributed by atoms with Gasteiger partial charge in [-0.25, -0.2) is 0 Å². The maximum Gasteiger partial charge on any atom is 0.204 e. The zero-order chi connectivity index (χ0) is 47.9. The first-order valence-corrected chi connectivity index (χ1v) is 21.4. The van der Waals surface area contributed by atoms with Gasteiger partial charge in [-0.2, -0.15) is 21.0 Å². The Labute approximate surface area is 474 Å². The van der Waals surface area contributed by atoms with E-state index in [1.807, 2.05) is 124 Å². The monoisotopic (exact) mass is 1040 g/mol. The van der Waals surface area contributed by atoms with Crippen LogP contribution in [0, 0.1) is 34.0 Å². The van der Waals surface area contributed by atoms with Crippen molar-refractivity contribution in [2.24, 2.45) is 0 Å². The summed E-state index contributed by atoms with van der Waals surface area (Å²) in [5, 5.41) is 38.4. The fourth-order valence-corrected chi connectivity index (χ4v) is 2.41. The lowest BCUT2D eigenvalue weighted by Gasteiger charge is -1.89. The molecular formula is C67H141N7. The quantitative estimate of drug-likeness (QED) is 0.167. The van der Waals surface area contributed by atoms with Gasteiger partial charge in [0, 0.05) is 5.56 Å². The maximum absolute atomic E-state index is 8.29. The second-order valence-corrected chi connectivity index (χ2v) is 11.2. The molecule has 1 N–H and O–H groups in total. The van der Waals surface area contributed by atoms with Crippen LogP contribution in [-0.2, 0) is 0 Å². The van der Waals surface area contributed by atoms with Gasteiger partial charge in [-0.05, 0) is 48.5 Å². The first kappa shape index (κ1) is 144. The van der Waals surface area contributed by atoms with Crippen LogP contribution in [-0.4, -0.2) is 20.6 Å². The van der Waals surface area contributed by atoms with Crippen molar-refractivity contribution in [2.45, 2.75) is 246 Å². The van der Waals surface area contributed by atoms with Crippen LogP contribution in [0.4, 0.5) is 0 Å². The summed E-state index contributed by atoms with van der Waals surface area (Å²) in [5.41, 5.74) is 3.12. The number of nitriles is 3. The van der Waals surface area contributed by atoms with E-state index in [4.69, 9.17) is 15.8 Å². The minimum atomic E-state index is 0. The second-order valence-electron chi connectivity index (χ2n) is 11.2. The second kappa shape index (κ2) is 158. The van der Waals surface area contributed by atoms with Crippen LogP contribution in [0.5, 0.6) is 0 Å². The van der Waals surface area contributed by atoms with Crippen LogP contribution in [0.25, 0.3) is 11.4 Å². The number of hydrogen-bond acceptors (Lipinski definition) is 6. The summed E-state index contributed by atoms with van der Waals surface area (Å²) in [7, 11) is 0. The predicted octanol–water partition coefficient (Wildman–Crippen LogP) is 26.0. The highest BCUT2D eigenvalue weighted by Crippen LogP contribution is 2.10. The van der Waals surface area contributed by atoms with Crippen LogP contribution in [0.15, 0.2) is 147 Å². The summed E-state index contributed by atoms with van der Waals surface area (Å²) in [4.78, 5) is 0. The summed E-state index contributed by atoms with van der Waals surface area (Å²) in [6.45, 7) is 40.8. The minimum absolute atomic E-state index is 0. The number of aromatic nitrogens is 4. The van der Waals surface area contributed by atoms with Gasteiger partial charge in [-0.15, -0.1) is 29.9 Å². The van der Waals surface area contributed by atoms with E-state index in [1.54, 1.807) is 42.5 Å². The molecule has 0 amide bonds. The lowest BCUT2D eigenvalue weighted by atomic mass is 10.2. The van der Waals surface area contributed by atoms with Crippen LogP contribution in [0.2, 0.25) is 0 Å². The van der Waals surface area contributed by atoms with Crippen molar-refractivity contribution in [3.05, 3.63) is 164 Å². The Morgan fingerprint density at radius 2 is 0.554 bits per heavy atom. The molecule has 4 aromatic carbocycles. The van der Waals surface area contributed by atoms with E-state index in [9.17, 15) is 0 Å². The summed E-state index contributed by atoms with van der Waals surface area (Å²) < 4.78 is 0. The van der Waals surface area contributed by atoms with Crippen molar-refractivity contribution in [1.29, 1.82) is 15.8 Å². The number of nitrogens with one attached hydrogen (secondary N) is 1. The highest BCUT2D eigenvalue weighted by Gasteiger charge is 1.98. The molecule has 5 rings (SSSR count). The van der Waals surface area contributed by atoms with E-state index >= 15 is 0 Å². The molecule has 0 spiro atoms. The van der Waals surface area contributed by atoms with Crippen LogP contribution >= 0.6 is 0 Å². The number of nitrogens with zero attached hydrogens (tertiary/aromatic N) is 6. The van der Waals surface area contributed by atoms with E-state index in [0.29, 0.717) is 22.5 Å². The molecule has 0 atom stereocenters. The third kappa shape index (κ3) is 151. The Morgan fingerprint density at radius 3 is 0.676 bits per heavy atom. The Hall–Kier alpha value is -6.10. The molecule has 0 aliphatic rings. The molecule has 7 nitrogen and oxygen atoms in total. The van der Waals surface area contributed by atoms with Crippen LogP contribution in [0.3, 0.4) is 0 Å². The summed E-state index contributed by atoms with van der Waals surface area (Å²) in [6, 6.07) is 43.2. The van der Waals surface area contributed by atoms with Crippen molar-refractivity contribution < 1.29 is 0 Å². The van der Waals surface area contributed by atoms with E-state index in [1.165, 1.54) is 38.5 Å². The van der Waals surface area contributed by atoms with Crippen molar-refractivity contribution in [1.82, 2.24) is 20.6 Å². The number of aromatic amines is 1. The standard InChI is InChI=1S/C7H6N4.3C7H5N.6C3H8.C3H6.C2H6.C2H4.14CH4/c1-2-4-6(5-3-1)7-8-10-11-9-7;3*8-6-7-4-2-1-3-5-7;7*1-3-2;2*1-2;;;;;;;;;;;;;;/h1-5H,(H,8,9,10,11);3*1-5H;6*3H2,1-2H3;3H,1H2,2H3;1-2H3;1-2H2;14*1H4. The SMILES string of the molecule is C.C.C.C.C.C.C.C.C.C.C.C.C.C.C=C.C=CC.CC.CCC.CCC.CCC.CCC.CCC.CCC.N#Cc1ccccc1.N#Cc1ccccc1.N#Cc1ccccc1.c1ccc(-c2nn[nH]n2)cc1. The fourth-order valence-electron chi connectivity index (χ4n) is 2.41. The molecule has 0 aliphatic carbocycles. The van der Waals surface area contributed by atoms with Gasteiger partial charge in [-0.1, -0.05) is 330 Å². The predicted molar refractivity (Wildman–Crippen MR) is 362 cm³/mol. The average molecular weight is 1040 g/mol. The first-order valence-electron chi connectivity index (χ1n) is 21.4. The normalized spacial score (nSPS) is 5.78. The maximum atomic E-state index is 8.29. The Balaban J connectivity index is -0.0000000203. The number of allylic oxidation sites excluding steroid dienone is 1. The van der Waals surface area contributed by atoms with Gasteiger partial charge in [0.25, 0.3) is 0 Å². The molecule has 0 radical (unpaired) electrons. The molecule has 7 heteroatoms. The lowest BCUT2D eigenvalue weighted by Crippen LogP contribution is -1.78. The molecule has 0 unspecified atom stereocenters. The van der Waals surface area contributed by atoms with Gasteiger partial charge >= 0.3 is 0 Å². The molecule has 74 heavy (non-hydrogen) atoms. The molecule has 0 saturated heterocycles. The van der Waals surface area contributed by atoms with Crippen molar-refractivity contribution >= 4 is 0 Å². The third-order valence-electron chi connectivity index (χ3n) is 4.09. The fraction of sp³-hybridized carbons (Fsp3) is 0.522. The molecule has 0 saturated carbocycles. The van der Waals surface area contributed by atoms with Gasteiger partial charge in [0.1, 0.15) is 0 Å². The van der Waals surface area contributed by atoms with Crippen molar-refractivity contribution in [2.75, 3.05) is 0 Å². The number of tetrazole rings is 1. The average Bonchev–Trinajstić information content (AvgIpc) is 3.85. The number of H-pyrrole nitrogens is 1. The molecule has 1 aromatic heterocycles.